The van der Waals surface area contributed by atoms with E-state index in [2.05, 4.69) is 86.1 Å². The van der Waals surface area contributed by atoms with Crippen LogP contribution >= 0.6 is 15.9 Å². The van der Waals surface area contributed by atoms with Gasteiger partial charge in [-0.05, 0) is 74.8 Å². The van der Waals surface area contributed by atoms with E-state index in [4.69, 9.17) is 0 Å². The van der Waals surface area contributed by atoms with Crippen LogP contribution in [-0.2, 0) is 10.8 Å². The van der Waals surface area contributed by atoms with Crippen LogP contribution in [0.3, 0.4) is 0 Å². The van der Waals surface area contributed by atoms with Crippen molar-refractivity contribution >= 4 is 22.2 Å². The van der Waals surface area contributed by atoms with E-state index in [9.17, 15) is 4.79 Å². The minimum Gasteiger partial charge on any atom is -0.298 e. The Morgan fingerprint density at radius 3 is 1.70 bits per heavy atom. The van der Waals surface area contributed by atoms with Gasteiger partial charge in [0.05, 0.1) is 0 Å². The largest absolute Gasteiger partial charge is 0.298 e. The van der Waals surface area contributed by atoms with Gasteiger partial charge in [-0.15, -0.1) is 0 Å². The molecule has 0 unspecified atom stereocenters. The third kappa shape index (κ3) is 2.08. The van der Waals surface area contributed by atoms with Crippen molar-refractivity contribution < 1.29 is 4.79 Å². The van der Waals surface area contributed by atoms with Crippen LogP contribution in [0.2, 0.25) is 0 Å². The van der Waals surface area contributed by atoms with Crippen molar-refractivity contribution in [1.82, 2.24) is 0 Å². The molecule has 0 fully saturated rings. The molecule has 5 rings (SSSR count). The number of halogens is 1. The van der Waals surface area contributed by atoms with Gasteiger partial charge in [0.15, 0.2) is 0 Å². The highest BCUT2D eigenvalue weighted by Gasteiger charge is 2.41. The summed E-state index contributed by atoms with van der Waals surface area (Å²) in [6, 6.07) is 17.5. The number of carbonyl (C=O) groups is 1. The molecule has 27 heavy (non-hydrogen) atoms. The van der Waals surface area contributed by atoms with Gasteiger partial charge in [0.1, 0.15) is 6.29 Å². The zero-order chi connectivity index (χ0) is 19.1. The molecule has 2 aliphatic carbocycles. The van der Waals surface area contributed by atoms with Crippen LogP contribution in [-0.4, -0.2) is 6.29 Å². The van der Waals surface area contributed by atoms with Crippen molar-refractivity contribution in [3.05, 3.63) is 80.8 Å². The quantitative estimate of drug-likeness (QED) is 0.395. The van der Waals surface area contributed by atoms with Crippen molar-refractivity contribution in [2.24, 2.45) is 0 Å². The summed E-state index contributed by atoms with van der Waals surface area (Å²) in [5.41, 5.74) is 11.2. The maximum absolute atomic E-state index is 11.3. The Morgan fingerprint density at radius 2 is 1.15 bits per heavy atom. The summed E-state index contributed by atoms with van der Waals surface area (Å²) in [6.07, 6.45) is 0.941. The average molecular weight is 417 g/mol. The topological polar surface area (TPSA) is 17.1 Å². The third-order valence-electron chi connectivity index (χ3n) is 6.59. The van der Waals surface area contributed by atoms with E-state index in [1.807, 2.05) is 6.07 Å². The first-order chi connectivity index (χ1) is 12.7. The van der Waals surface area contributed by atoms with Gasteiger partial charge >= 0.3 is 0 Å². The van der Waals surface area contributed by atoms with Crippen LogP contribution in [0.4, 0.5) is 0 Å². The zero-order valence-corrected chi connectivity index (χ0v) is 17.6. The number of benzene rings is 3. The number of fused-ring (bicyclic) bond motifs is 6. The molecule has 0 aliphatic heterocycles. The Hall–Kier alpha value is -2.19. The summed E-state index contributed by atoms with van der Waals surface area (Å²) in [7, 11) is 0. The van der Waals surface area contributed by atoms with Gasteiger partial charge < -0.3 is 0 Å². The van der Waals surface area contributed by atoms with Gasteiger partial charge in [-0.2, -0.15) is 0 Å². The predicted octanol–water partition coefficient (Wildman–Crippen LogP) is 6.87. The Kier molecular flexibility index (Phi) is 3.26. The Balaban J connectivity index is 1.82. The summed E-state index contributed by atoms with van der Waals surface area (Å²) in [4.78, 5) is 11.3. The summed E-state index contributed by atoms with van der Waals surface area (Å²) in [5.74, 6) is 0. The fourth-order valence-electron chi connectivity index (χ4n) is 5.03. The van der Waals surface area contributed by atoms with Crippen LogP contribution < -0.4 is 0 Å². The van der Waals surface area contributed by atoms with Crippen LogP contribution in [0, 0.1) is 0 Å². The molecule has 0 saturated carbocycles. The van der Waals surface area contributed by atoms with Gasteiger partial charge in [0.2, 0.25) is 0 Å². The maximum Gasteiger partial charge on any atom is 0.150 e. The molecule has 0 heterocycles. The smallest absolute Gasteiger partial charge is 0.150 e. The summed E-state index contributed by atoms with van der Waals surface area (Å²) in [6.45, 7) is 9.16. The highest BCUT2D eigenvalue weighted by molar-refractivity contribution is 9.10. The first-order valence-corrected chi connectivity index (χ1v) is 10.1. The lowest BCUT2D eigenvalue weighted by atomic mass is 9.79. The van der Waals surface area contributed by atoms with E-state index < -0.39 is 0 Å². The third-order valence-corrected chi connectivity index (χ3v) is 7.09. The second-order valence-corrected chi connectivity index (χ2v) is 9.72. The normalized spacial score (nSPS) is 17.1. The fraction of sp³-hybridized carbons (Fsp3) is 0.240. The van der Waals surface area contributed by atoms with E-state index in [0.717, 1.165) is 16.3 Å². The number of hydrogen-bond donors (Lipinski definition) is 0. The van der Waals surface area contributed by atoms with Crippen molar-refractivity contribution in [3.8, 4) is 22.3 Å². The average Bonchev–Trinajstić information content (AvgIpc) is 3.00. The zero-order valence-electron chi connectivity index (χ0n) is 16.0. The van der Waals surface area contributed by atoms with E-state index >= 15 is 0 Å². The molecule has 0 amide bonds. The highest BCUT2D eigenvalue weighted by Crippen LogP contribution is 2.56. The Morgan fingerprint density at radius 1 is 0.667 bits per heavy atom. The second kappa shape index (κ2) is 5.20. The molecule has 0 spiro atoms. The van der Waals surface area contributed by atoms with Crippen molar-refractivity contribution in [1.29, 1.82) is 0 Å². The molecule has 2 heteroatoms. The van der Waals surface area contributed by atoms with E-state index in [0.29, 0.717) is 0 Å². The highest BCUT2D eigenvalue weighted by atomic mass is 79.9. The number of carbonyl (C=O) groups excluding carboxylic acids is 1. The minimum absolute atomic E-state index is 0.0287. The van der Waals surface area contributed by atoms with Crippen molar-refractivity contribution in [3.63, 3.8) is 0 Å². The maximum atomic E-state index is 11.3. The van der Waals surface area contributed by atoms with Gasteiger partial charge in [0, 0.05) is 20.9 Å². The molecular weight excluding hydrogens is 396 g/mol. The molecule has 2 aliphatic rings. The molecule has 0 atom stereocenters. The predicted molar refractivity (Wildman–Crippen MR) is 115 cm³/mol. The summed E-state index contributed by atoms with van der Waals surface area (Å²) >= 11 is 3.64. The molecule has 3 aromatic rings. The van der Waals surface area contributed by atoms with Crippen LogP contribution in [0.25, 0.3) is 22.3 Å². The van der Waals surface area contributed by atoms with Crippen LogP contribution in [0.5, 0.6) is 0 Å². The summed E-state index contributed by atoms with van der Waals surface area (Å²) in [5, 5.41) is 0. The molecule has 0 aromatic heterocycles. The second-order valence-electron chi connectivity index (χ2n) is 8.81. The lowest BCUT2D eigenvalue weighted by Gasteiger charge is -2.24. The molecule has 0 N–H and O–H groups in total. The van der Waals surface area contributed by atoms with Crippen molar-refractivity contribution in [2.75, 3.05) is 0 Å². The monoisotopic (exact) mass is 416 g/mol. The van der Waals surface area contributed by atoms with Gasteiger partial charge in [0.25, 0.3) is 0 Å². The molecule has 134 valence electrons. The SMILES string of the molecule is CC1(C)c2cc(Br)ccc2-c2cc3c(cc21)-c1ccc(C=O)cc1C3(C)C. The van der Waals surface area contributed by atoms with Gasteiger partial charge in [-0.3, -0.25) is 4.79 Å². The van der Waals surface area contributed by atoms with E-state index in [-0.39, 0.29) is 10.8 Å². The molecular formula is C25H21BrO. The number of hydrogen-bond acceptors (Lipinski definition) is 1. The molecule has 0 saturated heterocycles. The minimum atomic E-state index is -0.110. The molecule has 0 bridgehead atoms. The van der Waals surface area contributed by atoms with Gasteiger partial charge in [-0.25, -0.2) is 0 Å². The van der Waals surface area contributed by atoms with Gasteiger partial charge in [-0.1, -0.05) is 61.8 Å². The summed E-state index contributed by atoms with van der Waals surface area (Å²) < 4.78 is 1.13. The first-order valence-electron chi connectivity index (χ1n) is 9.34. The Labute approximate surface area is 168 Å². The fourth-order valence-corrected chi connectivity index (χ4v) is 5.39. The first kappa shape index (κ1) is 16.9. The molecule has 1 nitrogen and oxygen atoms in total. The molecule has 0 radical (unpaired) electrons. The lowest BCUT2D eigenvalue weighted by molar-refractivity contribution is 0.112. The Bertz CT molecular complexity index is 1150. The van der Waals surface area contributed by atoms with Crippen LogP contribution in [0.1, 0.15) is 60.3 Å². The number of aldehydes is 1. The number of rotatable bonds is 1. The molecule has 3 aromatic carbocycles. The van der Waals surface area contributed by atoms with Crippen molar-refractivity contribution in [2.45, 2.75) is 38.5 Å². The lowest BCUT2D eigenvalue weighted by Crippen LogP contribution is -2.17. The van der Waals surface area contributed by atoms with Crippen LogP contribution in [0.15, 0.2) is 53.0 Å². The van der Waals surface area contributed by atoms with E-state index in [1.54, 1.807) is 0 Å². The standard InChI is InChI=1S/C25H21BrO/c1-24(2)20-9-14(13-27)5-7-16(20)18-11-23-19(12-22(18)24)17-8-6-15(26)10-21(17)25(23,3)4/h5-13H,1-4H3. The van der Waals surface area contributed by atoms with E-state index in [1.165, 1.54) is 44.5 Å².